The highest BCUT2D eigenvalue weighted by Gasteiger charge is 2.16. The maximum atomic E-state index is 13.1. The molecule has 0 fully saturated rings. The maximum Gasteiger partial charge on any atom is 0.280 e. The number of nitrogens with zero attached hydrogens (tertiary/aromatic N) is 4. The monoisotopic (exact) mass is 500 g/mol. The van der Waals surface area contributed by atoms with E-state index < -0.39 is 0 Å². The lowest BCUT2D eigenvalue weighted by Gasteiger charge is -2.05. The van der Waals surface area contributed by atoms with E-state index in [1.54, 1.807) is 18.2 Å². The van der Waals surface area contributed by atoms with E-state index in [1.165, 1.54) is 41.5 Å². The molecule has 0 spiro atoms. The molecular weight excluding hydrogens is 472 g/mol. The first kappa shape index (κ1) is 23.8. The van der Waals surface area contributed by atoms with E-state index in [4.69, 9.17) is 4.42 Å². The highest BCUT2D eigenvalue weighted by molar-refractivity contribution is 6.02. The van der Waals surface area contributed by atoms with Crippen LogP contribution in [0.5, 0.6) is 0 Å². The maximum absolute atomic E-state index is 13.1. The zero-order valence-electron chi connectivity index (χ0n) is 21.3. The van der Waals surface area contributed by atoms with Gasteiger partial charge in [-0.3, -0.25) is 4.79 Å². The Bertz CT molecular complexity index is 1710. The van der Waals surface area contributed by atoms with Crippen molar-refractivity contribution in [1.82, 2.24) is 20.0 Å². The fourth-order valence-electron chi connectivity index (χ4n) is 4.75. The van der Waals surface area contributed by atoms with Crippen molar-refractivity contribution >= 4 is 28.0 Å². The first-order chi connectivity index (χ1) is 18.7. The summed E-state index contributed by atoms with van der Waals surface area (Å²) in [6.07, 6.45) is 6.26. The molecule has 188 valence electrons. The van der Waals surface area contributed by atoms with Crippen molar-refractivity contribution < 1.29 is 9.21 Å². The predicted octanol–water partition coefficient (Wildman–Crippen LogP) is 7.72. The lowest BCUT2D eigenvalue weighted by Crippen LogP contribution is -2.13. The molecule has 0 N–H and O–H groups in total. The second kappa shape index (κ2) is 10.4. The predicted molar refractivity (Wildman–Crippen MR) is 150 cm³/mol. The van der Waals surface area contributed by atoms with Gasteiger partial charge in [-0.15, -0.1) is 5.10 Å². The van der Waals surface area contributed by atoms with Crippen LogP contribution in [-0.2, 0) is 6.42 Å². The average molecular weight is 501 g/mol. The van der Waals surface area contributed by atoms with Crippen molar-refractivity contribution in [3.05, 3.63) is 102 Å². The number of carbonyl (C=O) groups excluding carboxylic acids is 1. The summed E-state index contributed by atoms with van der Waals surface area (Å²) in [5, 5.41) is 8.12. The van der Waals surface area contributed by atoms with E-state index >= 15 is 0 Å². The van der Waals surface area contributed by atoms with Gasteiger partial charge in [-0.05, 0) is 72.0 Å². The SMILES string of the molecule is CCCCCCc1ccc(-c2ccc(-c3nc4cc(C(=O)n5nnc6ccccc65)ccc4o3)cc2)cc1. The molecule has 2 aromatic heterocycles. The number of unbranched alkanes of at least 4 members (excludes halogenated alkanes) is 3. The zero-order valence-corrected chi connectivity index (χ0v) is 21.3. The molecule has 38 heavy (non-hydrogen) atoms. The average Bonchev–Trinajstić information content (AvgIpc) is 3.60. The molecule has 0 aliphatic carbocycles. The van der Waals surface area contributed by atoms with E-state index in [1.807, 2.05) is 36.4 Å². The van der Waals surface area contributed by atoms with Gasteiger partial charge in [0.25, 0.3) is 5.91 Å². The van der Waals surface area contributed by atoms with Crippen LogP contribution in [0.3, 0.4) is 0 Å². The summed E-state index contributed by atoms with van der Waals surface area (Å²) < 4.78 is 7.32. The van der Waals surface area contributed by atoms with Gasteiger partial charge in [0.05, 0.1) is 5.52 Å². The second-order valence-electron chi connectivity index (χ2n) is 9.58. The number of oxazole rings is 1. The highest BCUT2D eigenvalue weighted by Crippen LogP contribution is 2.28. The number of rotatable bonds is 8. The number of fused-ring (bicyclic) bond motifs is 2. The number of carbonyl (C=O) groups is 1. The standard InChI is InChI=1S/C32H28N4O2/c1-2-3-4-5-8-22-11-13-23(14-12-22)24-15-17-25(18-16-24)31-33-28-21-26(19-20-30(28)38-31)32(37)36-29-10-7-6-9-27(29)34-35-36/h6-7,9-21H,2-5,8H2,1H3. The van der Waals surface area contributed by atoms with Crippen molar-refractivity contribution in [2.75, 3.05) is 0 Å². The van der Waals surface area contributed by atoms with Gasteiger partial charge in [-0.25, -0.2) is 4.98 Å². The van der Waals surface area contributed by atoms with Gasteiger partial charge >= 0.3 is 0 Å². The summed E-state index contributed by atoms with van der Waals surface area (Å²) in [6, 6.07) is 29.7. The van der Waals surface area contributed by atoms with E-state index in [-0.39, 0.29) is 5.91 Å². The zero-order chi connectivity index (χ0) is 25.9. The van der Waals surface area contributed by atoms with Crippen LogP contribution in [0.2, 0.25) is 0 Å². The molecule has 6 aromatic rings. The number of aryl methyl sites for hydroxylation is 1. The fraction of sp³-hybridized carbons (Fsp3) is 0.188. The van der Waals surface area contributed by atoms with E-state index in [0.717, 1.165) is 17.5 Å². The quantitative estimate of drug-likeness (QED) is 0.200. The minimum Gasteiger partial charge on any atom is -0.436 e. The number of hydrogen-bond acceptors (Lipinski definition) is 5. The Morgan fingerprint density at radius 2 is 1.53 bits per heavy atom. The summed E-state index contributed by atoms with van der Waals surface area (Å²) in [5.41, 5.74) is 7.67. The molecule has 6 rings (SSSR count). The van der Waals surface area contributed by atoms with Crippen LogP contribution in [0.4, 0.5) is 0 Å². The Balaban J connectivity index is 1.19. The van der Waals surface area contributed by atoms with Crippen molar-refractivity contribution in [1.29, 1.82) is 0 Å². The van der Waals surface area contributed by atoms with Gasteiger partial charge in [-0.1, -0.05) is 79.9 Å². The fourth-order valence-corrected chi connectivity index (χ4v) is 4.75. The Labute approximate surface area is 220 Å². The Kier molecular flexibility index (Phi) is 6.53. The minimum absolute atomic E-state index is 0.263. The van der Waals surface area contributed by atoms with Crippen LogP contribution in [0.15, 0.2) is 95.4 Å². The number of para-hydroxylation sites is 1. The largest absolute Gasteiger partial charge is 0.436 e. The summed E-state index contributed by atoms with van der Waals surface area (Å²) in [5.74, 6) is 0.256. The number of aromatic nitrogens is 4. The minimum atomic E-state index is -0.263. The molecule has 6 heteroatoms. The lowest BCUT2D eigenvalue weighted by molar-refractivity contribution is 0.0948. The normalized spacial score (nSPS) is 11.4. The number of hydrogen-bond donors (Lipinski definition) is 0. The summed E-state index contributed by atoms with van der Waals surface area (Å²) in [7, 11) is 0. The molecule has 4 aromatic carbocycles. The summed E-state index contributed by atoms with van der Waals surface area (Å²) >= 11 is 0. The smallest absolute Gasteiger partial charge is 0.280 e. The molecule has 0 aliphatic heterocycles. The molecule has 0 bridgehead atoms. The summed E-state index contributed by atoms with van der Waals surface area (Å²) in [6.45, 7) is 2.24. The van der Waals surface area contributed by atoms with Crippen LogP contribution in [-0.4, -0.2) is 25.9 Å². The Morgan fingerprint density at radius 1 is 0.789 bits per heavy atom. The summed E-state index contributed by atoms with van der Waals surface area (Å²) in [4.78, 5) is 17.8. The van der Waals surface area contributed by atoms with Gasteiger partial charge in [-0.2, -0.15) is 4.68 Å². The van der Waals surface area contributed by atoms with Crippen LogP contribution >= 0.6 is 0 Å². The second-order valence-corrected chi connectivity index (χ2v) is 9.58. The molecule has 0 amide bonds. The van der Waals surface area contributed by atoms with Crippen LogP contribution in [0.25, 0.3) is 44.7 Å². The third-order valence-electron chi connectivity index (χ3n) is 6.92. The van der Waals surface area contributed by atoms with Crippen molar-refractivity contribution in [3.8, 4) is 22.6 Å². The van der Waals surface area contributed by atoms with Gasteiger partial charge in [0.1, 0.15) is 11.0 Å². The van der Waals surface area contributed by atoms with Crippen LogP contribution in [0.1, 0.15) is 48.5 Å². The third kappa shape index (κ3) is 4.73. The topological polar surface area (TPSA) is 73.8 Å². The first-order valence-corrected chi connectivity index (χ1v) is 13.1. The molecule has 6 nitrogen and oxygen atoms in total. The van der Waals surface area contributed by atoms with Gasteiger partial charge in [0.15, 0.2) is 5.58 Å². The number of benzene rings is 4. The molecule has 0 atom stereocenters. The van der Waals surface area contributed by atoms with Crippen molar-refractivity contribution in [3.63, 3.8) is 0 Å². The molecule has 2 heterocycles. The van der Waals surface area contributed by atoms with E-state index in [2.05, 4.69) is 58.6 Å². The highest BCUT2D eigenvalue weighted by atomic mass is 16.3. The van der Waals surface area contributed by atoms with Crippen molar-refractivity contribution in [2.45, 2.75) is 39.0 Å². The molecular formula is C32H28N4O2. The molecule has 0 saturated heterocycles. The lowest BCUT2D eigenvalue weighted by atomic mass is 10.0. The van der Waals surface area contributed by atoms with Gasteiger partial charge < -0.3 is 4.42 Å². The van der Waals surface area contributed by atoms with Gasteiger partial charge in [0.2, 0.25) is 5.89 Å². The third-order valence-corrected chi connectivity index (χ3v) is 6.92. The molecule has 0 aliphatic rings. The first-order valence-electron chi connectivity index (χ1n) is 13.1. The molecule has 0 saturated carbocycles. The van der Waals surface area contributed by atoms with E-state index in [0.29, 0.717) is 33.6 Å². The van der Waals surface area contributed by atoms with E-state index in [9.17, 15) is 4.79 Å². The van der Waals surface area contributed by atoms with Gasteiger partial charge in [0, 0.05) is 11.1 Å². The van der Waals surface area contributed by atoms with Crippen LogP contribution in [0, 0.1) is 0 Å². The van der Waals surface area contributed by atoms with Crippen molar-refractivity contribution in [2.24, 2.45) is 0 Å². The molecule has 0 radical (unpaired) electrons. The molecule has 0 unspecified atom stereocenters. The van der Waals surface area contributed by atoms with Crippen LogP contribution < -0.4 is 0 Å². The Hall–Kier alpha value is -4.58. The Morgan fingerprint density at radius 3 is 2.32 bits per heavy atom.